The van der Waals surface area contributed by atoms with Crippen LogP contribution in [-0.2, 0) is 0 Å². The van der Waals surface area contributed by atoms with Crippen molar-refractivity contribution in [3.05, 3.63) is 33.9 Å². The number of hydrogen-bond acceptors (Lipinski definition) is 3. The Kier molecular flexibility index (Phi) is 4.09. The Labute approximate surface area is 89.0 Å². The summed E-state index contributed by atoms with van der Waals surface area (Å²) >= 11 is 0. The van der Waals surface area contributed by atoms with Crippen LogP contribution in [0.15, 0.2) is 18.2 Å². The van der Waals surface area contributed by atoms with Crippen molar-refractivity contribution in [2.45, 2.75) is 26.7 Å². The van der Waals surface area contributed by atoms with Gasteiger partial charge in [0.15, 0.2) is 5.75 Å². The van der Waals surface area contributed by atoms with Gasteiger partial charge in [-0.25, -0.2) is 0 Å². The Morgan fingerprint density at radius 3 is 2.80 bits per heavy atom. The van der Waals surface area contributed by atoms with Gasteiger partial charge in [0.2, 0.25) is 0 Å². The van der Waals surface area contributed by atoms with Crippen LogP contribution >= 0.6 is 0 Å². The van der Waals surface area contributed by atoms with Gasteiger partial charge in [-0.15, -0.1) is 0 Å². The van der Waals surface area contributed by atoms with Crippen LogP contribution < -0.4 is 4.74 Å². The van der Waals surface area contributed by atoms with Crippen molar-refractivity contribution in [2.24, 2.45) is 0 Å². The highest BCUT2D eigenvalue weighted by atomic mass is 16.6. The Bertz CT molecular complexity index is 350. The van der Waals surface area contributed by atoms with Crippen LogP contribution in [0.4, 0.5) is 5.69 Å². The fourth-order valence-corrected chi connectivity index (χ4v) is 1.21. The number of ether oxygens (including phenoxy) is 1. The smallest absolute Gasteiger partial charge is 0.310 e. The van der Waals surface area contributed by atoms with Crippen molar-refractivity contribution in [3.8, 4) is 5.75 Å². The highest BCUT2D eigenvalue weighted by Gasteiger charge is 2.14. The van der Waals surface area contributed by atoms with E-state index in [0.717, 1.165) is 18.4 Å². The average molecular weight is 209 g/mol. The minimum atomic E-state index is -0.416. The minimum Gasteiger partial charge on any atom is -0.487 e. The molecule has 4 heteroatoms. The first-order valence-electron chi connectivity index (χ1n) is 5.03. The number of aryl methyl sites for hydroxylation is 1. The van der Waals surface area contributed by atoms with E-state index in [9.17, 15) is 10.1 Å². The molecule has 15 heavy (non-hydrogen) atoms. The number of benzene rings is 1. The van der Waals surface area contributed by atoms with Gasteiger partial charge in [-0.2, -0.15) is 0 Å². The first-order valence-corrected chi connectivity index (χ1v) is 5.03. The minimum absolute atomic E-state index is 0.0386. The molecule has 0 aliphatic carbocycles. The predicted octanol–water partition coefficient (Wildman–Crippen LogP) is 3.08. The van der Waals surface area contributed by atoms with Crippen molar-refractivity contribution in [3.63, 3.8) is 0 Å². The zero-order chi connectivity index (χ0) is 11.3. The lowest BCUT2D eigenvalue weighted by Crippen LogP contribution is -2.00. The van der Waals surface area contributed by atoms with Crippen LogP contribution in [0, 0.1) is 17.0 Å². The Morgan fingerprint density at radius 2 is 2.20 bits per heavy atom. The molecule has 0 atom stereocenters. The number of unbranched alkanes of at least 4 members (excludes halogenated alkanes) is 1. The van der Waals surface area contributed by atoms with Gasteiger partial charge in [0.05, 0.1) is 11.5 Å². The highest BCUT2D eigenvalue weighted by Crippen LogP contribution is 2.27. The summed E-state index contributed by atoms with van der Waals surface area (Å²) in [5.74, 6) is 0.369. The normalized spacial score (nSPS) is 10.0. The van der Waals surface area contributed by atoms with E-state index in [1.807, 2.05) is 13.8 Å². The van der Waals surface area contributed by atoms with E-state index in [2.05, 4.69) is 0 Å². The molecular formula is C11H15NO3. The lowest BCUT2D eigenvalue weighted by atomic mass is 10.2. The Hall–Kier alpha value is -1.58. The molecule has 0 fully saturated rings. The molecule has 1 aromatic carbocycles. The molecule has 0 saturated heterocycles. The SMILES string of the molecule is CCCCOc1cc(C)ccc1[N+](=O)[O-]. The summed E-state index contributed by atoms with van der Waals surface area (Å²) in [4.78, 5) is 10.3. The van der Waals surface area contributed by atoms with E-state index in [0.29, 0.717) is 12.4 Å². The van der Waals surface area contributed by atoms with E-state index in [1.165, 1.54) is 6.07 Å². The van der Waals surface area contributed by atoms with E-state index in [4.69, 9.17) is 4.74 Å². The maximum Gasteiger partial charge on any atom is 0.310 e. The standard InChI is InChI=1S/C11H15NO3/c1-3-4-7-15-11-8-9(2)5-6-10(11)12(13)14/h5-6,8H,3-4,7H2,1-2H3. The molecule has 0 radical (unpaired) electrons. The maximum atomic E-state index is 10.7. The quantitative estimate of drug-likeness (QED) is 0.425. The van der Waals surface area contributed by atoms with Crippen molar-refractivity contribution in [1.29, 1.82) is 0 Å². The molecule has 0 bridgehead atoms. The number of hydrogen-bond donors (Lipinski definition) is 0. The van der Waals surface area contributed by atoms with Gasteiger partial charge in [0.1, 0.15) is 0 Å². The molecule has 82 valence electrons. The summed E-state index contributed by atoms with van der Waals surface area (Å²) in [6, 6.07) is 4.90. The van der Waals surface area contributed by atoms with Crippen LogP contribution in [0.3, 0.4) is 0 Å². The third-order valence-electron chi connectivity index (χ3n) is 2.07. The van der Waals surface area contributed by atoms with Crippen molar-refractivity contribution < 1.29 is 9.66 Å². The topological polar surface area (TPSA) is 52.4 Å². The fourth-order valence-electron chi connectivity index (χ4n) is 1.21. The second-order valence-corrected chi connectivity index (χ2v) is 3.43. The molecule has 0 heterocycles. The first-order chi connectivity index (χ1) is 7.15. The number of nitro groups is 1. The van der Waals surface area contributed by atoms with Gasteiger partial charge >= 0.3 is 5.69 Å². The van der Waals surface area contributed by atoms with Crippen LogP contribution in [0.2, 0.25) is 0 Å². The summed E-state index contributed by atoms with van der Waals surface area (Å²) in [7, 11) is 0. The maximum absolute atomic E-state index is 10.7. The van der Waals surface area contributed by atoms with Crippen LogP contribution in [0.1, 0.15) is 25.3 Å². The zero-order valence-corrected chi connectivity index (χ0v) is 9.03. The van der Waals surface area contributed by atoms with Crippen LogP contribution in [0.5, 0.6) is 5.75 Å². The molecule has 0 N–H and O–H groups in total. The van der Waals surface area contributed by atoms with Crippen molar-refractivity contribution in [1.82, 2.24) is 0 Å². The molecule has 0 unspecified atom stereocenters. The van der Waals surface area contributed by atoms with Crippen molar-refractivity contribution >= 4 is 5.69 Å². The summed E-state index contributed by atoms with van der Waals surface area (Å²) in [6.45, 7) is 4.46. The molecular weight excluding hydrogens is 194 g/mol. The number of nitrogens with zero attached hydrogens (tertiary/aromatic N) is 1. The summed E-state index contributed by atoms with van der Waals surface area (Å²) in [5.41, 5.74) is 1.00. The lowest BCUT2D eigenvalue weighted by Gasteiger charge is -2.06. The molecule has 0 aromatic heterocycles. The van der Waals surface area contributed by atoms with Gasteiger partial charge in [0.25, 0.3) is 0 Å². The molecule has 0 aliphatic heterocycles. The third-order valence-corrected chi connectivity index (χ3v) is 2.07. The van der Waals surface area contributed by atoms with Crippen LogP contribution in [0.25, 0.3) is 0 Å². The average Bonchev–Trinajstić information content (AvgIpc) is 2.18. The number of nitro benzene ring substituents is 1. The monoisotopic (exact) mass is 209 g/mol. The molecule has 4 nitrogen and oxygen atoms in total. The number of rotatable bonds is 5. The highest BCUT2D eigenvalue weighted by molar-refractivity contribution is 5.48. The second kappa shape index (κ2) is 5.34. The van der Waals surface area contributed by atoms with Gasteiger partial charge < -0.3 is 4.74 Å². The molecule has 0 amide bonds. The van der Waals surface area contributed by atoms with Gasteiger partial charge in [0, 0.05) is 6.07 Å². The molecule has 0 spiro atoms. The van der Waals surface area contributed by atoms with E-state index < -0.39 is 4.92 Å². The van der Waals surface area contributed by atoms with E-state index in [-0.39, 0.29) is 5.69 Å². The second-order valence-electron chi connectivity index (χ2n) is 3.43. The molecule has 0 aliphatic rings. The van der Waals surface area contributed by atoms with E-state index >= 15 is 0 Å². The van der Waals surface area contributed by atoms with Crippen molar-refractivity contribution in [2.75, 3.05) is 6.61 Å². The third kappa shape index (κ3) is 3.23. The van der Waals surface area contributed by atoms with Gasteiger partial charge in [-0.3, -0.25) is 10.1 Å². The molecule has 0 saturated carbocycles. The van der Waals surface area contributed by atoms with Crippen LogP contribution in [-0.4, -0.2) is 11.5 Å². The summed E-state index contributed by atoms with van der Waals surface area (Å²) in [5, 5.41) is 10.7. The zero-order valence-electron chi connectivity index (χ0n) is 9.03. The van der Waals surface area contributed by atoms with Gasteiger partial charge in [-0.1, -0.05) is 19.4 Å². The molecule has 1 aromatic rings. The van der Waals surface area contributed by atoms with Gasteiger partial charge in [-0.05, 0) is 25.0 Å². The van der Waals surface area contributed by atoms with E-state index in [1.54, 1.807) is 12.1 Å². The lowest BCUT2D eigenvalue weighted by molar-refractivity contribution is -0.385. The Morgan fingerprint density at radius 1 is 1.47 bits per heavy atom. The first kappa shape index (κ1) is 11.5. The largest absolute Gasteiger partial charge is 0.487 e. The predicted molar refractivity (Wildman–Crippen MR) is 58.2 cm³/mol. The summed E-state index contributed by atoms with van der Waals surface area (Å²) < 4.78 is 5.38. The molecule has 1 rings (SSSR count). The summed E-state index contributed by atoms with van der Waals surface area (Å²) in [6.07, 6.45) is 1.92. The Balaban J connectivity index is 2.82. The fraction of sp³-hybridized carbons (Fsp3) is 0.455.